The largest absolute Gasteiger partial charge is 0.481 e. The number of hydrogen-bond acceptors (Lipinski definition) is 5. The van der Waals surface area contributed by atoms with Gasteiger partial charge >= 0.3 is 5.97 Å². The van der Waals surface area contributed by atoms with Gasteiger partial charge in [-0.3, -0.25) is 14.4 Å². The van der Waals surface area contributed by atoms with Gasteiger partial charge in [0.15, 0.2) is 0 Å². The number of nitrogens with zero attached hydrogens (tertiary/aromatic N) is 1. The van der Waals surface area contributed by atoms with Crippen LogP contribution in [0.1, 0.15) is 22.3 Å². The molecule has 11 heteroatoms. The number of carboxylic acids is 1. The van der Waals surface area contributed by atoms with Crippen molar-refractivity contribution in [3.8, 4) is 0 Å². The average Bonchev–Trinajstić information content (AvgIpc) is 2.71. The number of carboxylic acid groups (broad SMARTS) is 1. The van der Waals surface area contributed by atoms with Crippen LogP contribution >= 0.6 is 38.5 Å². The highest BCUT2D eigenvalue weighted by Crippen LogP contribution is 2.30. The van der Waals surface area contributed by atoms with Crippen LogP contribution in [0, 0.1) is 3.57 Å². The number of rotatable bonds is 9. The molecule has 0 aliphatic rings. The predicted molar refractivity (Wildman–Crippen MR) is 126 cm³/mol. The third-order valence-corrected chi connectivity index (χ3v) is 5.28. The maximum atomic E-state index is 12.3. The zero-order valence-electron chi connectivity index (χ0n) is 15.6. The molecule has 0 aliphatic carbocycles. The predicted octanol–water partition coefficient (Wildman–Crippen LogP) is 2.56. The van der Waals surface area contributed by atoms with Crippen LogP contribution in [0.25, 0.3) is 0 Å². The Kier molecular flexibility index (Phi) is 9.20. The molecule has 2 aromatic carbocycles. The molecule has 0 saturated heterocycles. The summed E-state index contributed by atoms with van der Waals surface area (Å²) in [4.78, 5) is 39.3. The fourth-order valence-electron chi connectivity index (χ4n) is 2.43. The molecule has 9 nitrogen and oxygen atoms in total. The lowest BCUT2D eigenvalue weighted by molar-refractivity contribution is -0.137. The number of carbonyl (C=O) groups excluding carboxylic acids is 2. The van der Waals surface area contributed by atoms with Crippen LogP contribution in [0.5, 0.6) is 0 Å². The van der Waals surface area contributed by atoms with Crippen molar-refractivity contribution in [2.75, 3.05) is 11.9 Å². The molecule has 30 heavy (non-hydrogen) atoms. The van der Waals surface area contributed by atoms with Gasteiger partial charge in [0.05, 0.1) is 17.9 Å². The third kappa shape index (κ3) is 7.39. The fraction of sp³-hybridized carbons (Fsp3) is 0.158. The zero-order chi connectivity index (χ0) is 22.1. The van der Waals surface area contributed by atoms with Crippen LogP contribution in [0.2, 0.25) is 0 Å². The fourth-order valence-corrected chi connectivity index (χ4v) is 4.23. The monoisotopic (exact) mass is 587 g/mol. The van der Waals surface area contributed by atoms with Gasteiger partial charge in [-0.2, -0.15) is 0 Å². The van der Waals surface area contributed by atoms with E-state index in [9.17, 15) is 14.4 Å². The first-order valence-electron chi connectivity index (χ1n) is 8.66. The lowest BCUT2D eigenvalue weighted by atomic mass is 10.1. The molecule has 6 N–H and O–H groups in total. The number of hydrazine groups is 1. The first-order valence-corrected chi connectivity index (χ1v) is 10.5. The maximum absolute atomic E-state index is 12.3. The third-order valence-electron chi connectivity index (χ3n) is 3.80. The van der Waals surface area contributed by atoms with Gasteiger partial charge in [0.2, 0.25) is 5.91 Å². The SMILES string of the molecule is NNC=Nc1cccc(C(=O)NCC(=O)Nc2c(Br)cc(CCC(=O)O)cc2I)c1. The van der Waals surface area contributed by atoms with Gasteiger partial charge in [-0.1, -0.05) is 6.07 Å². The Bertz CT molecular complexity index is 960. The molecule has 0 saturated carbocycles. The number of aliphatic imine (C=N–C) groups is 1. The van der Waals surface area contributed by atoms with Gasteiger partial charge in [0.1, 0.15) is 6.34 Å². The first kappa shape index (κ1) is 23.8. The number of amides is 2. The summed E-state index contributed by atoms with van der Waals surface area (Å²) in [6.07, 6.45) is 1.70. The minimum atomic E-state index is -0.873. The lowest BCUT2D eigenvalue weighted by Crippen LogP contribution is -2.33. The molecule has 0 radical (unpaired) electrons. The summed E-state index contributed by atoms with van der Waals surface area (Å²) >= 11 is 5.46. The van der Waals surface area contributed by atoms with Crippen molar-refractivity contribution in [2.24, 2.45) is 10.8 Å². The molecule has 0 fully saturated rings. The summed E-state index contributed by atoms with van der Waals surface area (Å²) in [5.41, 5.74) is 4.56. The quantitative estimate of drug-likeness (QED) is 0.100. The van der Waals surface area contributed by atoms with Crippen molar-refractivity contribution < 1.29 is 19.5 Å². The molecule has 0 aromatic heterocycles. The van der Waals surface area contributed by atoms with E-state index in [1.54, 1.807) is 30.3 Å². The van der Waals surface area contributed by atoms with Gasteiger partial charge in [-0.25, -0.2) is 10.8 Å². The van der Waals surface area contributed by atoms with Crippen LogP contribution in [0.15, 0.2) is 45.9 Å². The van der Waals surface area contributed by atoms with Gasteiger partial charge in [-0.15, -0.1) is 0 Å². The van der Waals surface area contributed by atoms with E-state index in [-0.39, 0.29) is 13.0 Å². The molecule has 0 heterocycles. The minimum Gasteiger partial charge on any atom is -0.481 e. The van der Waals surface area contributed by atoms with E-state index < -0.39 is 17.8 Å². The number of hydrogen-bond donors (Lipinski definition) is 5. The lowest BCUT2D eigenvalue weighted by Gasteiger charge is -2.12. The number of anilines is 1. The second-order valence-electron chi connectivity index (χ2n) is 6.03. The molecular formula is C19H19BrIN5O4. The molecule has 0 aliphatic heterocycles. The summed E-state index contributed by atoms with van der Waals surface area (Å²) in [6, 6.07) is 10.1. The molecule has 2 rings (SSSR count). The Morgan fingerprint density at radius 1 is 1.23 bits per heavy atom. The van der Waals surface area contributed by atoms with Crippen LogP contribution in [-0.2, 0) is 16.0 Å². The van der Waals surface area contributed by atoms with Crippen molar-refractivity contribution >= 4 is 74.0 Å². The van der Waals surface area contributed by atoms with Crippen molar-refractivity contribution in [1.82, 2.24) is 10.7 Å². The van der Waals surface area contributed by atoms with E-state index in [4.69, 9.17) is 10.9 Å². The van der Waals surface area contributed by atoms with Crippen molar-refractivity contribution in [2.45, 2.75) is 12.8 Å². The number of nitrogens with one attached hydrogen (secondary N) is 3. The number of carbonyl (C=O) groups is 3. The van der Waals surface area contributed by atoms with E-state index in [1.807, 2.05) is 6.07 Å². The van der Waals surface area contributed by atoms with Gasteiger partial charge in [0, 0.05) is 20.0 Å². The Labute approximate surface area is 194 Å². The Morgan fingerprint density at radius 3 is 2.67 bits per heavy atom. The number of aryl methyl sites for hydroxylation is 1. The molecule has 2 amide bonds. The Hall–Kier alpha value is -2.51. The van der Waals surface area contributed by atoms with E-state index in [1.165, 1.54) is 6.34 Å². The number of aliphatic carboxylic acids is 1. The Balaban J connectivity index is 1.97. The van der Waals surface area contributed by atoms with Crippen LogP contribution in [-0.4, -0.2) is 35.8 Å². The van der Waals surface area contributed by atoms with E-state index >= 15 is 0 Å². The van der Waals surface area contributed by atoms with E-state index in [0.717, 1.165) is 9.13 Å². The second-order valence-corrected chi connectivity index (χ2v) is 8.05. The molecule has 0 spiro atoms. The second kappa shape index (κ2) is 11.6. The van der Waals surface area contributed by atoms with E-state index in [0.29, 0.717) is 27.8 Å². The van der Waals surface area contributed by atoms with Crippen molar-refractivity contribution in [3.63, 3.8) is 0 Å². The topological polar surface area (TPSA) is 146 Å². The van der Waals surface area contributed by atoms with Crippen LogP contribution < -0.4 is 21.9 Å². The average molecular weight is 588 g/mol. The molecule has 0 unspecified atom stereocenters. The number of benzene rings is 2. The molecule has 158 valence electrons. The zero-order valence-corrected chi connectivity index (χ0v) is 19.4. The summed E-state index contributed by atoms with van der Waals surface area (Å²) in [6.45, 7) is -0.222. The van der Waals surface area contributed by atoms with Gasteiger partial charge in [0.25, 0.3) is 5.91 Å². The molecule has 0 atom stereocenters. The first-order chi connectivity index (χ1) is 14.3. The highest BCUT2D eigenvalue weighted by molar-refractivity contribution is 14.1. The molecular weight excluding hydrogens is 569 g/mol. The summed E-state index contributed by atoms with van der Waals surface area (Å²) in [7, 11) is 0. The summed E-state index contributed by atoms with van der Waals surface area (Å²) in [5, 5.41) is 14.1. The van der Waals surface area contributed by atoms with Crippen LogP contribution in [0.4, 0.5) is 11.4 Å². The standard InChI is InChI=1S/C19H19BrIN5O4/c20-14-6-11(4-5-17(28)29)7-15(21)18(14)26-16(27)9-23-19(30)12-2-1-3-13(8-12)24-10-25-22/h1-3,6-8,10H,4-5,9,22H2,(H,23,30)(H,24,25)(H,26,27)(H,28,29). The maximum Gasteiger partial charge on any atom is 0.303 e. The summed E-state index contributed by atoms with van der Waals surface area (Å²) < 4.78 is 1.38. The highest BCUT2D eigenvalue weighted by atomic mass is 127. The van der Waals surface area contributed by atoms with Gasteiger partial charge < -0.3 is 21.2 Å². The molecule has 0 bridgehead atoms. The minimum absolute atomic E-state index is 0.0233. The number of halogens is 2. The highest BCUT2D eigenvalue weighted by Gasteiger charge is 2.13. The van der Waals surface area contributed by atoms with Crippen LogP contribution in [0.3, 0.4) is 0 Å². The summed E-state index contributed by atoms with van der Waals surface area (Å²) in [5.74, 6) is 3.43. The Morgan fingerprint density at radius 2 is 2.00 bits per heavy atom. The van der Waals surface area contributed by atoms with Crippen molar-refractivity contribution in [3.05, 3.63) is 55.6 Å². The smallest absolute Gasteiger partial charge is 0.303 e. The van der Waals surface area contributed by atoms with E-state index in [2.05, 4.69) is 59.6 Å². The van der Waals surface area contributed by atoms with Gasteiger partial charge in [-0.05, 0) is 80.8 Å². The molecule has 2 aromatic rings. The van der Waals surface area contributed by atoms with Crippen molar-refractivity contribution in [1.29, 1.82) is 0 Å². The number of nitrogens with two attached hydrogens (primary N) is 1. The normalized spacial score (nSPS) is 10.6.